The number of benzene rings is 1. The van der Waals surface area contributed by atoms with E-state index >= 15 is 0 Å². The molecule has 0 aliphatic carbocycles. The lowest BCUT2D eigenvalue weighted by molar-refractivity contribution is -0.138. The third kappa shape index (κ3) is 4.82. The van der Waals surface area contributed by atoms with E-state index < -0.39 is 11.7 Å². The molecule has 0 radical (unpaired) electrons. The minimum Gasteiger partial charge on any atom is -0.310 e. The third-order valence-electron chi connectivity index (χ3n) is 3.62. The topological polar surface area (TPSA) is 12.0 Å². The summed E-state index contributed by atoms with van der Waals surface area (Å²) in [6.45, 7) is 6.89. The van der Waals surface area contributed by atoms with Crippen LogP contribution in [0.3, 0.4) is 0 Å². The molecule has 0 spiro atoms. The summed E-state index contributed by atoms with van der Waals surface area (Å²) in [6, 6.07) is 5.67. The van der Waals surface area contributed by atoms with Crippen molar-refractivity contribution in [3.63, 3.8) is 0 Å². The first-order valence-corrected chi connectivity index (χ1v) is 7.29. The van der Waals surface area contributed by atoms with Crippen LogP contribution in [0.15, 0.2) is 24.3 Å². The van der Waals surface area contributed by atoms with Gasteiger partial charge >= 0.3 is 6.18 Å². The standard InChI is InChI=1S/C16H24F3N/c1-4-10-20-15(11-12(3)5-2)13-8-6-7-9-14(13)16(17,18)19/h6-9,12,15,20H,4-5,10-11H2,1-3H3. The monoisotopic (exact) mass is 287 g/mol. The van der Waals surface area contributed by atoms with Crippen LogP contribution in [0.1, 0.15) is 57.2 Å². The molecule has 0 aliphatic rings. The van der Waals surface area contributed by atoms with Crippen molar-refractivity contribution in [1.29, 1.82) is 0 Å². The van der Waals surface area contributed by atoms with Crippen LogP contribution in [0.4, 0.5) is 13.2 Å². The number of hydrogen-bond donors (Lipinski definition) is 1. The smallest absolute Gasteiger partial charge is 0.310 e. The molecule has 0 heterocycles. The molecule has 0 saturated carbocycles. The van der Waals surface area contributed by atoms with Crippen LogP contribution >= 0.6 is 0 Å². The predicted octanol–water partition coefficient (Wildman–Crippen LogP) is 5.18. The highest BCUT2D eigenvalue weighted by Crippen LogP contribution is 2.36. The maximum absolute atomic E-state index is 13.1. The summed E-state index contributed by atoms with van der Waals surface area (Å²) in [7, 11) is 0. The maximum atomic E-state index is 13.1. The van der Waals surface area contributed by atoms with Gasteiger partial charge in [0.1, 0.15) is 0 Å². The zero-order valence-corrected chi connectivity index (χ0v) is 12.4. The molecule has 0 saturated heterocycles. The molecule has 20 heavy (non-hydrogen) atoms. The van der Waals surface area contributed by atoms with Gasteiger partial charge in [0.2, 0.25) is 0 Å². The van der Waals surface area contributed by atoms with Gasteiger partial charge in [-0.3, -0.25) is 0 Å². The van der Waals surface area contributed by atoms with Crippen molar-refractivity contribution in [2.45, 2.75) is 52.3 Å². The van der Waals surface area contributed by atoms with E-state index in [4.69, 9.17) is 0 Å². The summed E-state index contributed by atoms with van der Waals surface area (Å²) in [5, 5.41) is 3.26. The van der Waals surface area contributed by atoms with Crippen molar-refractivity contribution in [2.75, 3.05) is 6.54 Å². The molecular formula is C16H24F3N. The summed E-state index contributed by atoms with van der Waals surface area (Å²) in [5.41, 5.74) is -0.148. The van der Waals surface area contributed by atoms with Gasteiger partial charge in [-0.05, 0) is 36.9 Å². The van der Waals surface area contributed by atoms with Crippen molar-refractivity contribution in [3.8, 4) is 0 Å². The minimum atomic E-state index is -4.29. The lowest BCUT2D eigenvalue weighted by atomic mass is 9.91. The van der Waals surface area contributed by atoms with Crippen molar-refractivity contribution in [2.24, 2.45) is 5.92 Å². The highest BCUT2D eigenvalue weighted by molar-refractivity contribution is 5.32. The molecule has 1 nitrogen and oxygen atoms in total. The van der Waals surface area contributed by atoms with Gasteiger partial charge in [-0.15, -0.1) is 0 Å². The van der Waals surface area contributed by atoms with Gasteiger partial charge in [0, 0.05) is 6.04 Å². The SMILES string of the molecule is CCCNC(CC(C)CC)c1ccccc1C(F)(F)F. The molecule has 0 bridgehead atoms. The van der Waals surface area contributed by atoms with E-state index in [2.05, 4.69) is 19.2 Å². The van der Waals surface area contributed by atoms with E-state index in [-0.39, 0.29) is 6.04 Å². The molecule has 0 aliphatic heterocycles. The molecule has 0 fully saturated rings. The fraction of sp³-hybridized carbons (Fsp3) is 0.625. The van der Waals surface area contributed by atoms with E-state index in [9.17, 15) is 13.2 Å². The Morgan fingerprint density at radius 3 is 2.35 bits per heavy atom. The van der Waals surface area contributed by atoms with E-state index in [0.29, 0.717) is 11.5 Å². The number of alkyl halides is 3. The zero-order valence-electron chi connectivity index (χ0n) is 12.4. The van der Waals surface area contributed by atoms with E-state index in [0.717, 1.165) is 25.8 Å². The second-order valence-electron chi connectivity index (χ2n) is 5.34. The maximum Gasteiger partial charge on any atom is 0.416 e. The molecule has 4 heteroatoms. The van der Waals surface area contributed by atoms with E-state index in [1.165, 1.54) is 12.1 Å². The molecule has 0 aromatic heterocycles. The summed E-state index contributed by atoms with van der Waals surface area (Å²) in [6.07, 6.45) is -1.69. The Morgan fingerprint density at radius 2 is 1.80 bits per heavy atom. The van der Waals surface area contributed by atoms with Crippen molar-refractivity contribution >= 4 is 0 Å². The zero-order chi connectivity index (χ0) is 15.2. The summed E-state index contributed by atoms with van der Waals surface area (Å²) >= 11 is 0. The fourth-order valence-electron chi connectivity index (χ4n) is 2.27. The Morgan fingerprint density at radius 1 is 1.15 bits per heavy atom. The molecule has 2 atom stereocenters. The number of hydrogen-bond acceptors (Lipinski definition) is 1. The van der Waals surface area contributed by atoms with Crippen molar-refractivity contribution < 1.29 is 13.2 Å². The van der Waals surface area contributed by atoms with Gasteiger partial charge in [-0.1, -0.05) is 45.4 Å². The van der Waals surface area contributed by atoms with Crippen LogP contribution in [0.5, 0.6) is 0 Å². The lowest BCUT2D eigenvalue weighted by Gasteiger charge is -2.25. The average molecular weight is 287 g/mol. The highest BCUT2D eigenvalue weighted by Gasteiger charge is 2.34. The second kappa shape index (κ2) is 7.67. The Hall–Kier alpha value is -1.03. The quantitative estimate of drug-likeness (QED) is 0.728. The van der Waals surface area contributed by atoms with Gasteiger partial charge in [0.25, 0.3) is 0 Å². The molecular weight excluding hydrogens is 263 g/mol. The van der Waals surface area contributed by atoms with Crippen molar-refractivity contribution in [1.82, 2.24) is 5.32 Å². The first-order valence-electron chi connectivity index (χ1n) is 7.29. The average Bonchev–Trinajstić information content (AvgIpc) is 2.42. The summed E-state index contributed by atoms with van der Waals surface area (Å²) in [5.74, 6) is 0.394. The molecule has 1 N–H and O–H groups in total. The van der Waals surface area contributed by atoms with Crippen LogP contribution < -0.4 is 5.32 Å². The van der Waals surface area contributed by atoms with E-state index in [1.807, 2.05) is 6.92 Å². The molecule has 0 amide bonds. The second-order valence-corrected chi connectivity index (χ2v) is 5.34. The Balaban J connectivity index is 3.06. The lowest BCUT2D eigenvalue weighted by Crippen LogP contribution is -2.26. The number of nitrogens with one attached hydrogen (secondary N) is 1. The Kier molecular flexibility index (Phi) is 6.53. The summed E-state index contributed by atoms with van der Waals surface area (Å²) in [4.78, 5) is 0. The normalized spacial score (nSPS) is 15.1. The van der Waals surface area contributed by atoms with Gasteiger partial charge in [-0.2, -0.15) is 13.2 Å². The van der Waals surface area contributed by atoms with Gasteiger partial charge in [0.05, 0.1) is 5.56 Å². The number of rotatable bonds is 7. The van der Waals surface area contributed by atoms with Crippen LogP contribution in [0.25, 0.3) is 0 Å². The largest absolute Gasteiger partial charge is 0.416 e. The van der Waals surface area contributed by atoms with Gasteiger partial charge in [-0.25, -0.2) is 0 Å². The molecule has 1 aromatic rings. The molecule has 114 valence electrons. The third-order valence-corrected chi connectivity index (χ3v) is 3.62. The summed E-state index contributed by atoms with van der Waals surface area (Å²) < 4.78 is 39.4. The van der Waals surface area contributed by atoms with Crippen LogP contribution in [0, 0.1) is 5.92 Å². The van der Waals surface area contributed by atoms with Crippen LogP contribution in [0.2, 0.25) is 0 Å². The predicted molar refractivity (Wildman–Crippen MR) is 76.6 cm³/mol. The highest BCUT2D eigenvalue weighted by atomic mass is 19.4. The van der Waals surface area contributed by atoms with E-state index in [1.54, 1.807) is 12.1 Å². The Bertz CT molecular complexity index is 401. The first-order chi connectivity index (χ1) is 9.40. The van der Waals surface area contributed by atoms with Gasteiger partial charge in [0.15, 0.2) is 0 Å². The van der Waals surface area contributed by atoms with Crippen molar-refractivity contribution in [3.05, 3.63) is 35.4 Å². The van der Waals surface area contributed by atoms with Crippen LogP contribution in [-0.2, 0) is 6.18 Å². The van der Waals surface area contributed by atoms with Crippen LogP contribution in [-0.4, -0.2) is 6.54 Å². The Labute approximate surface area is 119 Å². The molecule has 1 aromatic carbocycles. The minimum absolute atomic E-state index is 0.234. The molecule has 2 unspecified atom stereocenters. The van der Waals surface area contributed by atoms with Gasteiger partial charge < -0.3 is 5.32 Å². The fourth-order valence-corrected chi connectivity index (χ4v) is 2.27. The first kappa shape index (κ1) is 17.0. The number of halogens is 3. The molecule has 1 rings (SSSR count).